The summed E-state index contributed by atoms with van der Waals surface area (Å²) in [4.78, 5) is 0. The van der Waals surface area contributed by atoms with Gasteiger partial charge >= 0.3 is 0 Å². The lowest BCUT2D eigenvalue weighted by molar-refractivity contribution is -0.342. The quantitative estimate of drug-likeness (QED) is 0.214. The minimum atomic E-state index is -1.68. The number of aliphatic hydroxyl groups excluding tert-OH is 7. The predicted molar refractivity (Wildman–Crippen MR) is 99.7 cm³/mol. The lowest BCUT2D eigenvalue weighted by Gasteiger charge is -2.46. The molecular formula is C19H29NO10. The first-order valence-corrected chi connectivity index (χ1v) is 9.73. The van der Waals surface area contributed by atoms with Gasteiger partial charge in [0, 0.05) is 6.54 Å². The molecule has 2 fully saturated rings. The first-order chi connectivity index (χ1) is 14.4. The Morgan fingerprint density at radius 2 is 1.43 bits per heavy atom. The highest BCUT2D eigenvalue weighted by atomic mass is 16.7. The zero-order valence-electron chi connectivity index (χ0n) is 16.1. The van der Waals surface area contributed by atoms with Crippen LogP contribution in [-0.4, -0.2) is 110 Å². The van der Waals surface area contributed by atoms with Crippen molar-refractivity contribution in [2.24, 2.45) is 0 Å². The van der Waals surface area contributed by atoms with Gasteiger partial charge in [-0.05, 0) is 5.56 Å². The number of ether oxygens (including phenoxy) is 3. The van der Waals surface area contributed by atoms with Crippen molar-refractivity contribution in [3.8, 4) is 0 Å². The molecule has 4 unspecified atom stereocenters. The van der Waals surface area contributed by atoms with Crippen molar-refractivity contribution in [2.75, 3.05) is 13.2 Å². The van der Waals surface area contributed by atoms with Crippen molar-refractivity contribution < 1.29 is 50.0 Å². The van der Waals surface area contributed by atoms with Crippen LogP contribution in [0.25, 0.3) is 0 Å². The summed E-state index contributed by atoms with van der Waals surface area (Å²) in [5.41, 5.74) is 0.884. The second-order valence-corrected chi connectivity index (χ2v) is 7.43. The standard InChI is InChI=1S/C19H29NO10/c21-7-10-13(23)15(25)16(26)19(29-10)30-17-12(18(27)28-11(8-22)14(17)24)20-6-9-4-2-1-3-5-9/h1-5,10-27H,6-8H2/t10?,11?,12-,13+,14+,15?,16-,17?,18+,19+/m0/s1. The second-order valence-electron chi connectivity index (χ2n) is 7.43. The Morgan fingerprint density at radius 1 is 0.800 bits per heavy atom. The highest BCUT2D eigenvalue weighted by Crippen LogP contribution is 2.28. The van der Waals surface area contributed by atoms with E-state index >= 15 is 0 Å². The van der Waals surface area contributed by atoms with Gasteiger partial charge in [-0.2, -0.15) is 0 Å². The fourth-order valence-corrected chi connectivity index (χ4v) is 3.63. The molecule has 0 bridgehead atoms. The van der Waals surface area contributed by atoms with Gasteiger partial charge in [0.25, 0.3) is 0 Å². The van der Waals surface area contributed by atoms with Gasteiger partial charge < -0.3 is 55.3 Å². The number of aliphatic hydroxyl groups is 7. The fourth-order valence-electron chi connectivity index (χ4n) is 3.63. The Morgan fingerprint density at radius 3 is 2.07 bits per heavy atom. The summed E-state index contributed by atoms with van der Waals surface area (Å²) in [7, 11) is 0. The summed E-state index contributed by atoms with van der Waals surface area (Å²) in [6, 6.07) is 8.23. The number of nitrogens with one attached hydrogen (secondary N) is 1. The van der Waals surface area contributed by atoms with E-state index in [1.165, 1.54) is 0 Å². The molecule has 3 rings (SSSR count). The minimum absolute atomic E-state index is 0.289. The Bertz CT molecular complexity index is 649. The normalized spacial score (nSPS) is 42.2. The predicted octanol–water partition coefficient (Wildman–Crippen LogP) is -3.60. The summed E-state index contributed by atoms with van der Waals surface area (Å²) < 4.78 is 16.3. The lowest BCUT2D eigenvalue weighted by Crippen LogP contribution is -2.67. The SMILES string of the molecule is OCC1O[C@H](OC2[C@H](O)C(CO)O[C@@H](O)[C@H]2NCc2ccccc2)[C@@H](O)C(O)[C@@H]1O. The van der Waals surface area contributed by atoms with Crippen LogP contribution >= 0.6 is 0 Å². The van der Waals surface area contributed by atoms with E-state index in [0.717, 1.165) is 5.56 Å². The van der Waals surface area contributed by atoms with Gasteiger partial charge in [-0.3, -0.25) is 0 Å². The van der Waals surface area contributed by atoms with Crippen LogP contribution in [0.15, 0.2) is 30.3 Å². The molecule has 10 atom stereocenters. The lowest BCUT2D eigenvalue weighted by atomic mass is 9.95. The van der Waals surface area contributed by atoms with Gasteiger partial charge in [0.2, 0.25) is 0 Å². The Kier molecular flexibility index (Phi) is 8.12. The van der Waals surface area contributed by atoms with Crippen molar-refractivity contribution in [2.45, 2.75) is 67.9 Å². The van der Waals surface area contributed by atoms with E-state index in [9.17, 15) is 35.7 Å². The van der Waals surface area contributed by atoms with Crippen molar-refractivity contribution in [3.63, 3.8) is 0 Å². The Hall–Kier alpha value is -1.22. The topological polar surface area (TPSA) is 181 Å². The summed E-state index contributed by atoms with van der Waals surface area (Å²) in [6.07, 6.45) is -12.9. The molecule has 170 valence electrons. The van der Waals surface area contributed by atoms with Crippen LogP contribution in [0.1, 0.15) is 5.56 Å². The van der Waals surface area contributed by atoms with E-state index in [2.05, 4.69) is 5.32 Å². The first kappa shape index (κ1) is 23.4. The second kappa shape index (κ2) is 10.4. The Balaban J connectivity index is 1.77. The van der Waals surface area contributed by atoms with Gasteiger partial charge in [-0.15, -0.1) is 0 Å². The molecule has 0 saturated carbocycles. The molecule has 0 radical (unpaired) electrons. The fraction of sp³-hybridized carbons (Fsp3) is 0.684. The van der Waals surface area contributed by atoms with Gasteiger partial charge in [0.15, 0.2) is 12.6 Å². The summed E-state index contributed by atoms with van der Waals surface area (Å²) in [6.45, 7) is -0.951. The van der Waals surface area contributed by atoms with E-state index in [-0.39, 0.29) is 6.54 Å². The molecule has 0 spiro atoms. The zero-order chi connectivity index (χ0) is 21.8. The van der Waals surface area contributed by atoms with Crippen molar-refractivity contribution in [1.82, 2.24) is 5.32 Å². The molecule has 1 aromatic rings. The molecule has 2 aliphatic rings. The molecule has 11 nitrogen and oxygen atoms in total. The van der Waals surface area contributed by atoms with Crippen LogP contribution in [-0.2, 0) is 20.8 Å². The molecule has 11 heteroatoms. The highest BCUT2D eigenvalue weighted by Gasteiger charge is 2.50. The average Bonchev–Trinajstić information content (AvgIpc) is 2.76. The average molecular weight is 431 g/mol. The van der Waals surface area contributed by atoms with E-state index in [0.29, 0.717) is 0 Å². The van der Waals surface area contributed by atoms with E-state index < -0.39 is 74.6 Å². The smallest absolute Gasteiger partial charge is 0.187 e. The summed E-state index contributed by atoms with van der Waals surface area (Å²) >= 11 is 0. The van der Waals surface area contributed by atoms with E-state index in [1.54, 1.807) is 0 Å². The molecule has 2 heterocycles. The molecule has 0 amide bonds. The van der Waals surface area contributed by atoms with Crippen LogP contribution < -0.4 is 5.32 Å². The highest BCUT2D eigenvalue weighted by molar-refractivity contribution is 5.14. The van der Waals surface area contributed by atoms with Crippen LogP contribution in [0, 0.1) is 0 Å². The first-order valence-electron chi connectivity index (χ1n) is 9.73. The Labute approximate surface area is 173 Å². The van der Waals surface area contributed by atoms with Crippen molar-refractivity contribution in [1.29, 1.82) is 0 Å². The molecule has 0 aromatic heterocycles. The summed E-state index contributed by atoms with van der Waals surface area (Å²) in [5.74, 6) is 0. The monoisotopic (exact) mass is 431 g/mol. The van der Waals surface area contributed by atoms with Gasteiger partial charge in [0.05, 0.1) is 19.3 Å². The van der Waals surface area contributed by atoms with Crippen molar-refractivity contribution in [3.05, 3.63) is 35.9 Å². The number of rotatable bonds is 7. The van der Waals surface area contributed by atoms with Crippen LogP contribution in [0.3, 0.4) is 0 Å². The maximum Gasteiger partial charge on any atom is 0.187 e. The van der Waals surface area contributed by atoms with Crippen LogP contribution in [0.5, 0.6) is 0 Å². The summed E-state index contributed by atoms with van der Waals surface area (Å²) in [5, 5.41) is 72.9. The number of benzene rings is 1. The zero-order valence-corrected chi connectivity index (χ0v) is 16.1. The van der Waals surface area contributed by atoms with Gasteiger partial charge in [0.1, 0.15) is 42.7 Å². The number of hydrogen-bond donors (Lipinski definition) is 8. The molecular weight excluding hydrogens is 402 g/mol. The molecule has 2 aliphatic heterocycles. The molecule has 30 heavy (non-hydrogen) atoms. The van der Waals surface area contributed by atoms with Crippen LogP contribution in [0.4, 0.5) is 0 Å². The molecule has 1 aromatic carbocycles. The maximum absolute atomic E-state index is 10.6. The minimum Gasteiger partial charge on any atom is -0.394 e. The third-order valence-corrected chi connectivity index (χ3v) is 5.40. The molecule has 8 N–H and O–H groups in total. The van der Waals surface area contributed by atoms with E-state index in [1.807, 2.05) is 30.3 Å². The molecule has 2 saturated heterocycles. The molecule has 0 aliphatic carbocycles. The maximum atomic E-state index is 10.6. The third kappa shape index (κ3) is 4.98. The number of hydrogen-bond acceptors (Lipinski definition) is 11. The third-order valence-electron chi connectivity index (χ3n) is 5.40. The largest absolute Gasteiger partial charge is 0.394 e. The van der Waals surface area contributed by atoms with Crippen LogP contribution in [0.2, 0.25) is 0 Å². The van der Waals surface area contributed by atoms with E-state index in [4.69, 9.17) is 14.2 Å². The van der Waals surface area contributed by atoms with Gasteiger partial charge in [-0.1, -0.05) is 30.3 Å². The van der Waals surface area contributed by atoms with Crippen molar-refractivity contribution >= 4 is 0 Å². The van der Waals surface area contributed by atoms with Gasteiger partial charge in [-0.25, -0.2) is 0 Å².